The molecule has 0 bridgehead atoms. The first-order chi connectivity index (χ1) is 6.79. The van der Waals surface area contributed by atoms with Gasteiger partial charge in [-0.25, -0.2) is 0 Å². The van der Waals surface area contributed by atoms with Crippen molar-refractivity contribution >= 4 is 17.4 Å². The summed E-state index contributed by atoms with van der Waals surface area (Å²) >= 11 is 1.84. The monoisotopic (exact) mass is 209 g/mol. The fraction of sp³-hybridized carbons (Fsp3) is 0.455. The van der Waals surface area contributed by atoms with Gasteiger partial charge < -0.3 is 10.5 Å². The van der Waals surface area contributed by atoms with Crippen LogP contribution in [0.25, 0.3) is 0 Å². The normalized spacial score (nSPS) is 15.5. The van der Waals surface area contributed by atoms with Gasteiger partial charge in [0.25, 0.3) is 0 Å². The molecule has 0 aliphatic heterocycles. The number of ether oxygens (including phenoxy) is 1. The molecule has 0 unspecified atom stereocenters. The highest BCUT2D eigenvalue weighted by Crippen LogP contribution is 2.37. The minimum absolute atomic E-state index is 0.858. The van der Waals surface area contributed by atoms with Gasteiger partial charge in [-0.15, -0.1) is 11.8 Å². The Morgan fingerprint density at radius 1 is 1.50 bits per heavy atom. The van der Waals surface area contributed by atoms with Crippen molar-refractivity contribution in [2.75, 3.05) is 18.6 Å². The first kappa shape index (κ1) is 9.71. The number of hydrogen-bond acceptors (Lipinski definition) is 3. The minimum atomic E-state index is 0.858. The Kier molecular flexibility index (Phi) is 2.87. The maximum absolute atomic E-state index is 5.87. The second-order valence-electron chi connectivity index (χ2n) is 3.66. The number of thioether (sulfide) groups is 1. The predicted molar refractivity (Wildman–Crippen MR) is 60.9 cm³/mol. The third kappa shape index (κ3) is 2.35. The Hall–Kier alpha value is -0.830. The molecule has 2 N–H and O–H groups in total. The van der Waals surface area contributed by atoms with Crippen molar-refractivity contribution < 1.29 is 4.74 Å². The van der Waals surface area contributed by atoms with Crippen molar-refractivity contribution in [1.82, 2.24) is 0 Å². The van der Waals surface area contributed by atoms with E-state index in [1.807, 2.05) is 30.0 Å². The van der Waals surface area contributed by atoms with E-state index < -0.39 is 0 Å². The van der Waals surface area contributed by atoms with Gasteiger partial charge in [-0.1, -0.05) is 0 Å². The summed E-state index contributed by atoms with van der Waals surface area (Å²) in [7, 11) is 1.68. The fourth-order valence-electron chi connectivity index (χ4n) is 1.26. The van der Waals surface area contributed by atoms with Gasteiger partial charge in [-0.3, -0.25) is 0 Å². The van der Waals surface area contributed by atoms with E-state index in [0.717, 1.165) is 22.3 Å². The van der Waals surface area contributed by atoms with E-state index in [-0.39, 0.29) is 0 Å². The number of hydrogen-bond donors (Lipinski definition) is 1. The van der Waals surface area contributed by atoms with Crippen LogP contribution in [-0.2, 0) is 0 Å². The van der Waals surface area contributed by atoms with Crippen LogP contribution in [0.5, 0.6) is 5.75 Å². The molecule has 0 saturated heterocycles. The average molecular weight is 209 g/mol. The maximum atomic E-state index is 5.87. The van der Waals surface area contributed by atoms with Gasteiger partial charge >= 0.3 is 0 Å². The van der Waals surface area contributed by atoms with Gasteiger partial charge in [-0.05, 0) is 37.0 Å². The first-order valence-corrected chi connectivity index (χ1v) is 5.84. The van der Waals surface area contributed by atoms with Gasteiger partial charge in [0.1, 0.15) is 5.75 Å². The molecule has 1 aromatic rings. The molecule has 14 heavy (non-hydrogen) atoms. The van der Waals surface area contributed by atoms with Gasteiger partial charge in [0.2, 0.25) is 0 Å². The Morgan fingerprint density at radius 2 is 2.29 bits per heavy atom. The highest BCUT2D eigenvalue weighted by Gasteiger charge is 2.21. The predicted octanol–water partition coefficient (Wildman–Crippen LogP) is 2.78. The van der Waals surface area contributed by atoms with Crippen LogP contribution in [0.4, 0.5) is 5.69 Å². The van der Waals surface area contributed by atoms with Crippen molar-refractivity contribution in [3.05, 3.63) is 18.2 Å². The average Bonchev–Trinajstić information content (AvgIpc) is 3.00. The molecular formula is C11H15NOS. The first-order valence-electron chi connectivity index (χ1n) is 4.86. The van der Waals surface area contributed by atoms with E-state index in [9.17, 15) is 0 Å². The fourth-order valence-corrected chi connectivity index (χ4v) is 2.44. The smallest absolute Gasteiger partial charge is 0.120 e. The van der Waals surface area contributed by atoms with Crippen molar-refractivity contribution in [2.24, 2.45) is 5.92 Å². The molecule has 1 aliphatic carbocycles. The molecule has 3 heteroatoms. The SMILES string of the molecule is COc1ccc(N)c(SCC2CC2)c1. The van der Waals surface area contributed by atoms with Gasteiger partial charge in [0.05, 0.1) is 7.11 Å². The number of methoxy groups -OCH3 is 1. The van der Waals surface area contributed by atoms with Crippen molar-refractivity contribution in [3.63, 3.8) is 0 Å². The Labute approximate surface area is 88.8 Å². The summed E-state index contributed by atoms with van der Waals surface area (Å²) in [6, 6.07) is 5.83. The highest BCUT2D eigenvalue weighted by molar-refractivity contribution is 7.99. The zero-order valence-electron chi connectivity index (χ0n) is 8.32. The third-order valence-electron chi connectivity index (χ3n) is 2.39. The largest absolute Gasteiger partial charge is 0.497 e. The van der Waals surface area contributed by atoms with E-state index in [4.69, 9.17) is 10.5 Å². The summed E-state index contributed by atoms with van der Waals surface area (Å²) in [5.41, 5.74) is 6.73. The molecule has 1 fully saturated rings. The maximum Gasteiger partial charge on any atom is 0.120 e. The lowest BCUT2D eigenvalue weighted by molar-refractivity contribution is 0.414. The second kappa shape index (κ2) is 4.13. The Bertz CT molecular complexity index is 323. The molecule has 1 saturated carbocycles. The van der Waals surface area contributed by atoms with E-state index in [2.05, 4.69) is 0 Å². The molecule has 0 aromatic heterocycles. The quantitative estimate of drug-likeness (QED) is 0.611. The van der Waals surface area contributed by atoms with E-state index in [1.165, 1.54) is 18.6 Å². The molecular weight excluding hydrogens is 194 g/mol. The minimum Gasteiger partial charge on any atom is -0.497 e. The topological polar surface area (TPSA) is 35.2 Å². The summed E-state index contributed by atoms with van der Waals surface area (Å²) in [4.78, 5) is 1.15. The second-order valence-corrected chi connectivity index (χ2v) is 4.72. The summed E-state index contributed by atoms with van der Waals surface area (Å²) < 4.78 is 5.16. The molecule has 0 heterocycles. The van der Waals surface area contributed by atoms with E-state index >= 15 is 0 Å². The number of nitrogens with two attached hydrogens (primary N) is 1. The van der Waals surface area contributed by atoms with Crippen LogP contribution in [0.15, 0.2) is 23.1 Å². The standard InChI is InChI=1S/C11H15NOS/c1-13-9-4-5-10(12)11(6-9)14-7-8-2-3-8/h4-6,8H,2-3,7,12H2,1H3. The molecule has 0 spiro atoms. The molecule has 2 rings (SSSR count). The molecule has 2 nitrogen and oxygen atoms in total. The molecule has 0 atom stereocenters. The number of rotatable bonds is 4. The summed E-state index contributed by atoms with van der Waals surface area (Å²) in [5.74, 6) is 3.00. The van der Waals surface area contributed by atoms with Crippen molar-refractivity contribution in [3.8, 4) is 5.75 Å². The molecule has 1 aromatic carbocycles. The van der Waals surface area contributed by atoms with Crippen LogP contribution in [-0.4, -0.2) is 12.9 Å². The van der Waals surface area contributed by atoms with Crippen molar-refractivity contribution in [1.29, 1.82) is 0 Å². The lowest BCUT2D eigenvalue weighted by Crippen LogP contribution is -1.91. The number of nitrogen functional groups attached to an aromatic ring is 1. The van der Waals surface area contributed by atoms with Gasteiger partial charge in [0.15, 0.2) is 0 Å². The molecule has 76 valence electrons. The Balaban J connectivity index is 2.04. The van der Waals surface area contributed by atoms with Crippen molar-refractivity contribution in [2.45, 2.75) is 17.7 Å². The van der Waals surface area contributed by atoms with E-state index in [0.29, 0.717) is 0 Å². The number of anilines is 1. The van der Waals surface area contributed by atoms with Crippen LogP contribution in [0, 0.1) is 5.92 Å². The van der Waals surface area contributed by atoms with Crippen LogP contribution in [0.3, 0.4) is 0 Å². The zero-order valence-corrected chi connectivity index (χ0v) is 9.14. The molecule has 0 radical (unpaired) electrons. The van der Waals surface area contributed by atoms with Crippen LogP contribution in [0.1, 0.15) is 12.8 Å². The summed E-state index contributed by atoms with van der Waals surface area (Å²) in [6.45, 7) is 0. The van der Waals surface area contributed by atoms with Gasteiger partial charge in [-0.2, -0.15) is 0 Å². The molecule has 1 aliphatic rings. The van der Waals surface area contributed by atoms with Crippen LogP contribution >= 0.6 is 11.8 Å². The number of benzene rings is 1. The highest BCUT2D eigenvalue weighted by atomic mass is 32.2. The lowest BCUT2D eigenvalue weighted by Gasteiger charge is -2.07. The van der Waals surface area contributed by atoms with Gasteiger partial charge in [0, 0.05) is 16.3 Å². The van der Waals surface area contributed by atoms with Crippen LogP contribution in [0.2, 0.25) is 0 Å². The van der Waals surface area contributed by atoms with Crippen LogP contribution < -0.4 is 10.5 Å². The Morgan fingerprint density at radius 3 is 2.93 bits per heavy atom. The summed E-state index contributed by atoms with van der Waals surface area (Å²) in [5, 5.41) is 0. The lowest BCUT2D eigenvalue weighted by atomic mass is 10.3. The molecule has 0 amide bonds. The summed E-state index contributed by atoms with van der Waals surface area (Å²) in [6.07, 6.45) is 2.77. The van der Waals surface area contributed by atoms with E-state index in [1.54, 1.807) is 7.11 Å². The third-order valence-corrected chi connectivity index (χ3v) is 3.69. The zero-order chi connectivity index (χ0) is 9.97.